The van der Waals surface area contributed by atoms with Crippen molar-refractivity contribution in [2.24, 2.45) is 0 Å². The topological polar surface area (TPSA) is 37.8 Å². The molecule has 0 aliphatic rings. The van der Waals surface area contributed by atoms with Crippen molar-refractivity contribution in [3.05, 3.63) is 54.6 Å². The molecule has 0 unspecified atom stereocenters. The van der Waals surface area contributed by atoms with Gasteiger partial charge in [-0.05, 0) is 18.2 Å². The number of nitrogens with zero attached hydrogens (tertiary/aromatic N) is 2. The molecule has 1 N–H and O–H groups in total. The highest BCUT2D eigenvalue weighted by atomic mass is 32.1. The molecule has 3 aromatic rings. The molecule has 0 aliphatic carbocycles. The standard InChI is InChI=1S/C14H11N3S2/c18-12-9-5-4-8-11(12)13-16-17-14(19-13)15-10-6-2-1-3-7-10/h1-9,18H,(H,15,17). The van der Waals surface area contributed by atoms with Gasteiger partial charge < -0.3 is 5.32 Å². The zero-order chi connectivity index (χ0) is 13.1. The minimum absolute atomic E-state index is 0.776. The van der Waals surface area contributed by atoms with Gasteiger partial charge in [-0.15, -0.1) is 22.8 Å². The van der Waals surface area contributed by atoms with Crippen LogP contribution >= 0.6 is 24.0 Å². The van der Waals surface area contributed by atoms with Gasteiger partial charge in [-0.3, -0.25) is 0 Å². The summed E-state index contributed by atoms with van der Waals surface area (Å²) in [5, 5.41) is 13.2. The molecule has 2 aromatic carbocycles. The minimum Gasteiger partial charge on any atom is -0.330 e. The second kappa shape index (κ2) is 5.42. The van der Waals surface area contributed by atoms with Crippen LogP contribution in [-0.2, 0) is 0 Å². The number of anilines is 2. The van der Waals surface area contributed by atoms with E-state index in [4.69, 9.17) is 0 Å². The number of hydrogen-bond acceptors (Lipinski definition) is 5. The van der Waals surface area contributed by atoms with E-state index in [9.17, 15) is 0 Å². The van der Waals surface area contributed by atoms with Gasteiger partial charge in [0.15, 0.2) is 5.01 Å². The normalized spacial score (nSPS) is 10.4. The number of benzene rings is 2. The third kappa shape index (κ3) is 2.77. The Kier molecular flexibility index (Phi) is 3.48. The second-order valence-electron chi connectivity index (χ2n) is 3.92. The first-order valence-corrected chi connectivity index (χ1v) is 7.03. The van der Waals surface area contributed by atoms with Gasteiger partial charge in [-0.1, -0.05) is 47.7 Å². The van der Waals surface area contributed by atoms with Crippen LogP contribution in [0.25, 0.3) is 10.6 Å². The van der Waals surface area contributed by atoms with Crippen molar-refractivity contribution < 1.29 is 0 Å². The first-order chi connectivity index (χ1) is 9.33. The van der Waals surface area contributed by atoms with Gasteiger partial charge in [0.1, 0.15) is 0 Å². The number of hydrogen-bond donors (Lipinski definition) is 2. The molecule has 0 saturated heterocycles. The molecule has 0 atom stereocenters. The van der Waals surface area contributed by atoms with Gasteiger partial charge in [0.25, 0.3) is 0 Å². The summed E-state index contributed by atoms with van der Waals surface area (Å²) >= 11 is 5.95. The molecule has 0 amide bonds. The van der Waals surface area contributed by atoms with Gasteiger partial charge in [0, 0.05) is 16.1 Å². The van der Waals surface area contributed by atoms with E-state index in [-0.39, 0.29) is 0 Å². The summed E-state index contributed by atoms with van der Waals surface area (Å²) in [5.41, 5.74) is 2.01. The molecule has 1 aromatic heterocycles. The average molecular weight is 285 g/mol. The molecule has 0 saturated carbocycles. The average Bonchev–Trinajstić information content (AvgIpc) is 2.89. The third-order valence-corrected chi connectivity index (χ3v) is 3.85. The largest absolute Gasteiger partial charge is 0.330 e. The smallest absolute Gasteiger partial charge is 0.210 e. The molecule has 94 valence electrons. The maximum absolute atomic E-state index is 4.44. The molecule has 0 radical (unpaired) electrons. The molecule has 1 heterocycles. The van der Waals surface area contributed by atoms with Gasteiger partial charge in [0.05, 0.1) is 0 Å². The Morgan fingerprint density at radius 3 is 2.42 bits per heavy atom. The van der Waals surface area contributed by atoms with E-state index in [0.29, 0.717) is 0 Å². The van der Waals surface area contributed by atoms with E-state index in [1.165, 1.54) is 11.3 Å². The van der Waals surface area contributed by atoms with Gasteiger partial charge in [0.2, 0.25) is 5.13 Å². The molecule has 3 nitrogen and oxygen atoms in total. The fourth-order valence-corrected chi connectivity index (χ4v) is 2.83. The summed E-state index contributed by atoms with van der Waals surface area (Å²) in [6.07, 6.45) is 0. The van der Waals surface area contributed by atoms with Crippen molar-refractivity contribution in [1.82, 2.24) is 10.2 Å². The molecule has 5 heteroatoms. The lowest BCUT2D eigenvalue weighted by atomic mass is 10.2. The van der Waals surface area contributed by atoms with Crippen LogP contribution in [-0.4, -0.2) is 10.2 Å². The monoisotopic (exact) mass is 285 g/mol. The molecule has 0 bridgehead atoms. The van der Waals surface area contributed by atoms with E-state index >= 15 is 0 Å². The van der Waals surface area contributed by atoms with Crippen molar-refractivity contribution >= 4 is 34.8 Å². The maximum atomic E-state index is 4.44. The Balaban J connectivity index is 1.86. The van der Waals surface area contributed by atoms with Crippen molar-refractivity contribution in [3.8, 4) is 10.6 Å². The summed E-state index contributed by atoms with van der Waals surface area (Å²) < 4.78 is 0. The molecular weight excluding hydrogens is 274 g/mol. The number of para-hydroxylation sites is 1. The Hall–Kier alpha value is -1.85. The predicted molar refractivity (Wildman–Crippen MR) is 82.3 cm³/mol. The van der Waals surface area contributed by atoms with Gasteiger partial charge >= 0.3 is 0 Å². The van der Waals surface area contributed by atoms with Crippen LogP contribution in [0, 0.1) is 0 Å². The summed E-state index contributed by atoms with van der Waals surface area (Å²) in [6.45, 7) is 0. The maximum Gasteiger partial charge on any atom is 0.210 e. The molecule has 0 spiro atoms. The molecule has 3 rings (SSSR count). The summed E-state index contributed by atoms with van der Waals surface area (Å²) in [6, 6.07) is 17.8. The van der Waals surface area contributed by atoms with Crippen molar-refractivity contribution in [2.75, 3.05) is 5.32 Å². The fourth-order valence-electron chi connectivity index (χ4n) is 1.68. The van der Waals surface area contributed by atoms with Crippen molar-refractivity contribution in [1.29, 1.82) is 0 Å². The second-order valence-corrected chi connectivity index (χ2v) is 5.38. The van der Waals surface area contributed by atoms with E-state index in [0.717, 1.165) is 26.3 Å². The zero-order valence-electron chi connectivity index (χ0n) is 9.95. The molecule has 0 fully saturated rings. The first-order valence-electron chi connectivity index (χ1n) is 5.77. The zero-order valence-corrected chi connectivity index (χ0v) is 11.7. The van der Waals surface area contributed by atoms with Crippen LogP contribution < -0.4 is 5.32 Å². The lowest BCUT2D eigenvalue weighted by molar-refractivity contribution is 1.09. The van der Waals surface area contributed by atoms with E-state index < -0.39 is 0 Å². The van der Waals surface area contributed by atoms with Gasteiger partial charge in [-0.25, -0.2) is 0 Å². The van der Waals surface area contributed by atoms with Crippen molar-refractivity contribution in [3.63, 3.8) is 0 Å². The SMILES string of the molecule is Sc1ccccc1-c1nnc(Nc2ccccc2)s1. The number of rotatable bonds is 3. The summed E-state index contributed by atoms with van der Waals surface area (Å²) in [5.74, 6) is 0. The quantitative estimate of drug-likeness (QED) is 0.707. The van der Waals surface area contributed by atoms with E-state index in [2.05, 4.69) is 28.1 Å². The van der Waals surface area contributed by atoms with E-state index in [1.807, 2.05) is 54.6 Å². The lowest BCUT2D eigenvalue weighted by Gasteiger charge is -2.00. The molecular formula is C14H11N3S2. The van der Waals surface area contributed by atoms with Crippen LogP contribution in [0.3, 0.4) is 0 Å². The van der Waals surface area contributed by atoms with Crippen LogP contribution in [0.15, 0.2) is 59.5 Å². The lowest BCUT2D eigenvalue weighted by Crippen LogP contribution is -1.87. The number of aromatic nitrogens is 2. The van der Waals surface area contributed by atoms with Gasteiger partial charge in [-0.2, -0.15) is 0 Å². The Labute approximate surface area is 120 Å². The molecule has 19 heavy (non-hydrogen) atoms. The highest BCUT2D eigenvalue weighted by Gasteiger charge is 2.08. The Morgan fingerprint density at radius 1 is 0.895 bits per heavy atom. The van der Waals surface area contributed by atoms with Crippen LogP contribution in [0.2, 0.25) is 0 Å². The highest BCUT2D eigenvalue weighted by Crippen LogP contribution is 2.31. The number of nitrogens with one attached hydrogen (secondary N) is 1. The Bertz CT molecular complexity index is 680. The fraction of sp³-hybridized carbons (Fsp3) is 0. The summed E-state index contributed by atoms with van der Waals surface area (Å²) in [7, 11) is 0. The molecule has 0 aliphatic heterocycles. The minimum atomic E-state index is 0.776. The number of thiol groups is 1. The third-order valence-electron chi connectivity index (χ3n) is 2.58. The summed E-state index contributed by atoms with van der Waals surface area (Å²) in [4.78, 5) is 0.907. The van der Waals surface area contributed by atoms with Crippen LogP contribution in [0.1, 0.15) is 0 Å². The van der Waals surface area contributed by atoms with Crippen LogP contribution in [0.5, 0.6) is 0 Å². The van der Waals surface area contributed by atoms with Crippen LogP contribution in [0.4, 0.5) is 10.8 Å². The van der Waals surface area contributed by atoms with Crippen molar-refractivity contribution in [2.45, 2.75) is 4.90 Å². The highest BCUT2D eigenvalue weighted by molar-refractivity contribution is 7.80. The Morgan fingerprint density at radius 2 is 1.63 bits per heavy atom. The first kappa shape index (κ1) is 12.2. The van der Waals surface area contributed by atoms with E-state index in [1.54, 1.807) is 0 Å². The predicted octanol–water partition coefficient (Wildman–Crippen LogP) is 4.24.